The first-order chi connectivity index (χ1) is 22.0. The molecule has 0 saturated carbocycles. The Morgan fingerprint density at radius 2 is 1.70 bits per heavy atom. The maximum absolute atomic E-state index is 14.0. The first-order valence-electron chi connectivity index (χ1n) is 14.7. The molecule has 2 heterocycles. The molecule has 1 N–H and O–H groups in total. The largest absolute Gasteiger partial charge is 0.437 e. The van der Waals surface area contributed by atoms with E-state index in [4.69, 9.17) is 9.57 Å². The summed E-state index contributed by atoms with van der Waals surface area (Å²) in [5.41, 5.74) is 3.72. The number of aryl methyl sites for hydroxylation is 3. The van der Waals surface area contributed by atoms with Crippen LogP contribution in [0.25, 0.3) is 0 Å². The molecule has 9 nitrogen and oxygen atoms in total. The predicted molar refractivity (Wildman–Crippen MR) is 159 cm³/mol. The normalized spacial score (nSPS) is 14.7. The standard InChI is InChI=1S/C34H29F3N4O5/c1-19-13-14-21(20(2)15-19)16-23(18-45-41-32(43)25-9-3-4-10-26(25)33(41)44)38-30(42)29-27-11-6-12-28(27)39-40-31(29)46-24-8-5-7-22(17-24)34(35,36)37/h3-5,7-10,13-15,17,23H,6,11-12,16,18H2,1-2H3,(H,38,42)/t23-/m1/s1. The summed E-state index contributed by atoms with van der Waals surface area (Å²) in [6, 6.07) is 15.8. The number of carbonyl (C=O) groups is 3. The van der Waals surface area contributed by atoms with Gasteiger partial charge in [-0.3, -0.25) is 19.2 Å². The third-order valence-electron chi connectivity index (χ3n) is 8.03. The summed E-state index contributed by atoms with van der Waals surface area (Å²) in [4.78, 5) is 45.7. The molecule has 4 aromatic rings. The van der Waals surface area contributed by atoms with Crippen molar-refractivity contribution in [2.45, 2.75) is 51.7 Å². The molecule has 1 aliphatic heterocycles. The lowest BCUT2D eigenvalue weighted by Gasteiger charge is -2.23. The van der Waals surface area contributed by atoms with Gasteiger partial charge in [0.15, 0.2) is 0 Å². The molecule has 46 heavy (non-hydrogen) atoms. The fraction of sp³-hybridized carbons (Fsp3) is 0.265. The van der Waals surface area contributed by atoms with Gasteiger partial charge >= 0.3 is 6.18 Å². The molecule has 1 aliphatic carbocycles. The van der Waals surface area contributed by atoms with Crippen molar-refractivity contribution in [2.75, 3.05) is 6.61 Å². The van der Waals surface area contributed by atoms with Crippen LogP contribution < -0.4 is 10.1 Å². The highest BCUT2D eigenvalue weighted by Gasteiger charge is 2.37. The first kappa shape index (κ1) is 30.9. The monoisotopic (exact) mass is 630 g/mol. The highest BCUT2D eigenvalue weighted by molar-refractivity contribution is 6.20. The number of rotatable bonds is 9. The molecular weight excluding hydrogens is 601 g/mol. The van der Waals surface area contributed by atoms with Gasteiger partial charge in [0.05, 0.1) is 35.0 Å². The zero-order valence-corrected chi connectivity index (χ0v) is 25.0. The Morgan fingerprint density at radius 1 is 0.957 bits per heavy atom. The highest BCUT2D eigenvalue weighted by atomic mass is 19.4. The molecule has 0 radical (unpaired) electrons. The molecule has 0 fully saturated rings. The van der Waals surface area contributed by atoms with Gasteiger partial charge in [-0.15, -0.1) is 10.2 Å². The molecule has 0 bridgehead atoms. The fourth-order valence-electron chi connectivity index (χ4n) is 5.74. The van der Waals surface area contributed by atoms with E-state index < -0.39 is 35.5 Å². The SMILES string of the molecule is Cc1ccc(C[C@H](CON2C(=O)c3ccccc3C2=O)NC(=O)c2c(Oc3cccc(C(F)(F)F)c3)nnc3c2CCC3)c(C)c1. The van der Waals surface area contributed by atoms with Crippen LogP contribution in [0.4, 0.5) is 13.2 Å². The quantitative estimate of drug-likeness (QED) is 0.227. The van der Waals surface area contributed by atoms with E-state index in [1.165, 1.54) is 24.3 Å². The van der Waals surface area contributed by atoms with Gasteiger partial charge in [-0.1, -0.05) is 42.0 Å². The summed E-state index contributed by atoms with van der Waals surface area (Å²) >= 11 is 0. The number of halogens is 3. The third kappa shape index (κ3) is 6.20. The molecular formula is C34H29F3N4O5. The molecule has 0 saturated heterocycles. The first-order valence-corrected chi connectivity index (χ1v) is 14.7. The van der Waals surface area contributed by atoms with Gasteiger partial charge in [-0.2, -0.15) is 18.3 Å². The van der Waals surface area contributed by atoms with E-state index in [0.29, 0.717) is 35.6 Å². The number of alkyl halides is 3. The van der Waals surface area contributed by atoms with Crippen LogP contribution in [0, 0.1) is 13.8 Å². The lowest BCUT2D eigenvalue weighted by atomic mass is 9.99. The summed E-state index contributed by atoms with van der Waals surface area (Å²) in [5, 5.41) is 11.9. The third-order valence-corrected chi connectivity index (χ3v) is 8.03. The second-order valence-corrected chi connectivity index (χ2v) is 11.3. The minimum atomic E-state index is -4.59. The average molecular weight is 631 g/mol. The van der Waals surface area contributed by atoms with Crippen molar-refractivity contribution < 1.29 is 37.1 Å². The van der Waals surface area contributed by atoms with Gasteiger partial charge in [0, 0.05) is 0 Å². The van der Waals surface area contributed by atoms with Crippen LogP contribution in [-0.4, -0.2) is 45.6 Å². The Labute approximate surface area is 262 Å². The summed E-state index contributed by atoms with van der Waals surface area (Å²) < 4.78 is 45.9. The predicted octanol–water partition coefficient (Wildman–Crippen LogP) is 5.96. The van der Waals surface area contributed by atoms with Gasteiger partial charge in [0.25, 0.3) is 23.6 Å². The van der Waals surface area contributed by atoms with Crippen LogP contribution in [0.15, 0.2) is 66.7 Å². The lowest BCUT2D eigenvalue weighted by Crippen LogP contribution is -2.43. The van der Waals surface area contributed by atoms with Crippen LogP contribution in [0.1, 0.15) is 71.0 Å². The van der Waals surface area contributed by atoms with Crippen LogP contribution in [0.2, 0.25) is 0 Å². The number of nitrogens with zero attached hydrogens (tertiary/aromatic N) is 3. The van der Waals surface area contributed by atoms with Crippen molar-refractivity contribution in [2.24, 2.45) is 0 Å². The Morgan fingerprint density at radius 3 is 2.39 bits per heavy atom. The van der Waals surface area contributed by atoms with Gasteiger partial charge < -0.3 is 10.1 Å². The number of carbonyl (C=O) groups excluding carboxylic acids is 3. The average Bonchev–Trinajstić information content (AvgIpc) is 3.59. The molecule has 3 amide bonds. The summed E-state index contributed by atoms with van der Waals surface area (Å²) in [7, 11) is 0. The minimum Gasteiger partial charge on any atom is -0.437 e. The van der Waals surface area contributed by atoms with Gasteiger partial charge in [0.1, 0.15) is 11.3 Å². The number of nitrogens with one attached hydrogen (secondary N) is 1. The minimum absolute atomic E-state index is 0.0614. The smallest absolute Gasteiger partial charge is 0.416 e. The van der Waals surface area contributed by atoms with Crippen molar-refractivity contribution in [1.29, 1.82) is 0 Å². The number of hydroxylamine groups is 2. The van der Waals surface area contributed by atoms with Crippen molar-refractivity contribution in [3.05, 3.63) is 117 Å². The Bertz CT molecular complexity index is 1820. The fourth-order valence-corrected chi connectivity index (χ4v) is 5.74. The zero-order valence-electron chi connectivity index (χ0n) is 25.0. The number of hydrogen-bond acceptors (Lipinski definition) is 7. The molecule has 6 rings (SSSR count). The van der Waals surface area contributed by atoms with E-state index in [9.17, 15) is 27.6 Å². The maximum Gasteiger partial charge on any atom is 0.416 e. The van der Waals surface area contributed by atoms with Crippen LogP contribution in [0.5, 0.6) is 11.6 Å². The van der Waals surface area contributed by atoms with Gasteiger partial charge in [-0.25, -0.2) is 0 Å². The molecule has 3 aromatic carbocycles. The summed E-state index contributed by atoms with van der Waals surface area (Å²) in [6.07, 6.45) is -2.51. The number of amides is 3. The molecule has 2 aliphatic rings. The number of fused-ring (bicyclic) bond motifs is 2. The van der Waals surface area contributed by atoms with Crippen LogP contribution >= 0.6 is 0 Å². The topological polar surface area (TPSA) is 111 Å². The van der Waals surface area contributed by atoms with E-state index >= 15 is 0 Å². The number of ether oxygens (including phenoxy) is 1. The Balaban J connectivity index is 1.29. The number of hydrogen-bond donors (Lipinski definition) is 1. The highest BCUT2D eigenvalue weighted by Crippen LogP contribution is 2.35. The van der Waals surface area contributed by atoms with E-state index in [0.717, 1.165) is 28.8 Å². The van der Waals surface area contributed by atoms with Crippen LogP contribution in [-0.2, 0) is 30.3 Å². The molecule has 0 unspecified atom stereocenters. The van der Waals surface area contributed by atoms with E-state index in [2.05, 4.69) is 15.5 Å². The van der Waals surface area contributed by atoms with Gasteiger partial charge in [-0.05, 0) is 86.6 Å². The maximum atomic E-state index is 14.0. The second kappa shape index (κ2) is 12.4. The Kier molecular flexibility index (Phi) is 8.30. The van der Waals surface area contributed by atoms with Crippen LogP contribution in [0.3, 0.4) is 0 Å². The van der Waals surface area contributed by atoms with Crippen molar-refractivity contribution >= 4 is 17.7 Å². The van der Waals surface area contributed by atoms with Crippen molar-refractivity contribution in [1.82, 2.24) is 20.6 Å². The molecule has 1 atom stereocenters. The summed E-state index contributed by atoms with van der Waals surface area (Å²) in [6.45, 7) is 3.66. The molecule has 0 spiro atoms. The van der Waals surface area contributed by atoms with E-state index in [-0.39, 0.29) is 41.3 Å². The number of imide groups is 1. The molecule has 12 heteroatoms. The van der Waals surface area contributed by atoms with Crippen molar-refractivity contribution in [3.63, 3.8) is 0 Å². The Hall–Kier alpha value is -5.10. The number of aromatic nitrogens is 2. The lowest BCUT2D eigenvalue weighted by molar-refractivity contribution is -0.137. The zero-order chi connectivity index (χ0) is 32.6. The number of benzene rings is 3. The van der Waals surface area contributed by atoms with Gasteiger partial charge in [0.2, 0.25) is 0 Å². The second-order valence-electron chi connectivity index (χ2n) is 11.3. The van der Waals surface area contributed by atoms with E-state index in [1.54, 1.807) is 12.1 Å². The van der Waals surface area contributed by atoms with E-state index in [1.807, 2.05) is 32.0 Å². The molecule has 1 aromatic heterocycles. The molecule has 236 valence electrons. The van der Waals surface area contributed by atoms with Crippen molar-refractivity contribution in [3.8, 4) is 11.6 Å². The summed E-state index contributed by atoms with van der Waals surface area (Å²) in [5.74, 6) is -2.20.